The molecule has 0 saturated heterocycles. The molecule has 1 unspecified atom stereocenters. The Kier molecular flexibility index (Phi) is 11.4. The highest BCUT2D eigenvalue weighted by Gasteiger charge is 2.24. The van der Waals surface area contributed by atoms with E-state index in [9.17, 15) is 24.3 Å². The third kappa shape index (κ3) is 10.4. The highest BCUT2D eigenvalue weighted by atomic mass is 16.3. The molecule has 0 aliphatic heterocycles. The van der Waals surface area contributed by atoms with Crippen LogP contribution in [0.3, 0.4) is 0 Å². The third-order valence-electron chi connectivity index (χ3n) is 6.41. The maximum Gasteiger partial charge on any atom is 0.243 e. The summed E-state index contributed by atoms with van der Waals surface area (Å²) in [5, 5.41) is 20.3. The molecule has 0 saturated carbocycles. The van der Waals surface area contributed by atoms with Crippen LogP contribution in [0.4, 0.5) is 0 Å². The van der Waals surface area contributed by atoms with Gasteiger partial charge in [-0.15, -0.1) is 0 Å². The molecule has 3 aromatic rings. The summed E-state index contributed by atoms with van der Waals surface area (Å²) in [6.45, 7) is 3.34. The van der Waals surface area contributed by atoms with Crippen LogP contribution >= 0.6 is 0 Å². The summed E-state index contributed by atoms with van der Waals surface area (Å²) in [7, 11) is 0. The van der Waals surface area contributed by atoms with Crippen molar-refractivity contribution < 1.29 is 24.3 Å². The summed E-state index contributed by atoms with van der Waals surface area (Å²) in [6.07, 6.45) is -0.766. The van der Waals surface area contributed by atoms with Crippen LogP contribution in [-0.4, -0.2) is 47.0 Å². The second kappa shape index (κ2) is 15.2. The Morgan fingerprint density at radius 3 is 1.88 bits per heavy atom. The monoisotopic (exact) mass is 559 g/mol. The predicted molar refractivity (Wildman–Crippen MR) is 155 cm³/mol. The van der Waals surface area contributed by atoms with Crippen LogP contribution in [0.5, 0.6) is 5.75 Å². The van der Waals surface area contributed by atoms with E-state index in [1.807, 2.05) is 67.6 Å². The molecule has 0 aliphatic rings. The normalized spacial score (nSPS) is 13.6. The number of amides is 4. The van der Waals surface area contributed by atoms with E-state index in [2.05, 4.69) is 21.3 Å². The van der Waals surface area contributed by atoms with Crippen LogP contribution in [0, 0.1) is 0 Å². The highest BCUT2D eigenvalue weighted by Crippen LogP contribution is 2.12. The second-order valence-corrected chi connectivity index (χ2v) is 9.90. The van der Waals surface area contributed by atoms with Gasteiger partial charge in [0.25, 0.3) is 0 Å². The number of aromatic hydroxyl groups is 1. The van der Waals surface area contributed by atoms with E-state index in [-0.39, 0.29) is 24.6 Å². The van der Waals surface area contributed by atoms with Crippen molar-refractivity contribution in [3.63, 3.8) is 0 Å². The second-order valence-electron chi connectivity index (χ2n) is 9.90. The van der Waals surface area contributed by atoms with Crippen molar-refractivity contribution in [1.29, 1.82) is 0 Å². The maximum atomic E-state index is 13.0. The molecule has 4 amide bonds. The van der Waals surface area contributed by atoms with Crippen molar-refractivity contribution in [1.82, 2.24) is 21.3 Å². The molecule has 10 heteroatoms. The summed E-state index contributed by atoms with van der Waals surface area (Å²) in [5.74, 6) is -1.95. The summed E-state index contributed by atoms with van der Waals surface area (Å²) in [4.78, 5) is 50.9. The van der Waals surface area contributed by atoms with Gasteiger partial charge < -0.3 is 32.1 Å². The van der Waals surface area contributed by atoms with Crippen LogP contribution in [0.1, 0.15) is 43.0 Å². The molecule has 3 aromatic carbocycles. The van der Waals surface area contributed by atoms with Crippen molar-refractivity contribution in [3.8, 4) is 5.75 Å². The molecule has 0 radical (unpaired) electrons. The number of phenols is 1. The number of nitrogens with two attached hydrogens (primary N) is 1. The molecule has 0 heterocycles. The third-order valence-corrected chi connectivity index (χ3v) is 6.41. The summed E-state index contributed by atoms with van der Waals surface area (Å²) >= 11 is 0. The van der Waals surface area contributed by atoms with E-state index in [0.29, 0.717) is 0 Å². The topological polar surface area (TPSA) is 163 Å². The smallest absolute Gasteiger partial charge is 0.243 e. The van der Waals surface area contributed by atoms with Gasteiger partial charge in [-0.25, -0.2) is 0 Å². The Bertz CT molecular complexity index is 1300. The Morgan fingerprint density at radius 2 is 1.24 bits per heavy atom. The van der Waals surface area contributed by atoms with E-state index in [1.165, 1.54) is 19.1 Å². The van der Waals surface area contributed by atoms with Crippen molar-refractivity contribution in [2.45, 2.75) is 57.4 Å². The van der Waals surface area contributed by atoms with Crippen LogP contribution < -0.4 is 27.0 Å². The summed E-state index contributed by atoms with van der Waals surface area (Å²) in [5.41, 5.74) is 8.55. The van der Waals surface area contributed by atoms with Crippen LogP contribution in [0.15, 0.2) is 84.9 Å². The number of phenolic OH excluding ortho intramolecular Hbond substituents is 1. The molecule has 0 aliphatic carbocycles. The zero-order valence-corrected chi connectivity index (χ0v) is 23.2. The van der Waals surface area contributed by atoms with Gasteiger partial charge in [0, 0.05) is 6.42 Å². The number of hydrogen-bond acceptors (Lipinski definition) is 6. The number of nitrogens with one attached hydrogen (secondary N) is 4. The Hall–Kier alpha value is -4.70. The van der Waals surface area contributed by atoms with Crippen LogP contribution in [0.25, 0.3) is 0 Å². The van der Waals surface area contributed by atoms with Gasteiger partial charge in [0.1, 0.15) is 24.4 Å². The molecule has 7 N–H and O–H groups in total. The SMILES string of the molecule is CC(NC(=O)CC(=O)N[C@H](Cc1ccccc1)NC(=O)[C@@H](C)NC(=O)[C@@H](N)Cc1ccc(O)cc1)c1ccccc1. The molecular formula is C31H37N5O5. The number of carbonyl (C=O) groups is 4. The molecular weight excluding hydrogens is 522 g/mol. The molecule has 4 atom stereocenters. The lowest BCUT2D eigenvalue weighted by Crippen LogP contribution is -2.56. The Labute approximate surface area is 239 Å². The fourth-order valence-electron chi connectivity index (χ4n) is 4.16. The van der Waals surface area contributed by atoms with Gasteiger partial charge in [0.05, 0.1) is 12.1 Å². The quantitative estimate of drug-likeness (QED) is 0.138. The predicted octanol–water partition coefficient (Wildman–Crippen LogP) is 1.84. The lowest BCUT2D eigenvalue weighted by atomic mass is 10.1. The largest absolute Gasteiger partial charge is 0.508 e. The standard InChI is InChI=1S/C31H37N5O5/c1-20(24-11-7-4-8-12-24)33-28(38)19-29(39)35-27(18-22-9-5-3-6-10-22)36-30(40)21(2)34-31(41)26(32)17-23-13-15-25(37)16-14-23/h3-16,20-21,26-27,37H,17-19,32H2,1-2H3,(H,33,38)(H,34,41)(H,35,39)(H,36,40)/t20?,21-,26+,27+/m1/s1. The van der Waals surface area contributed by atoms with E-state index in [1.54, 1.807) is 12.1 Å². The summed E-state index contributed by atoms with van der Waals surface area (Å²) in [6, 6.07) is 22.8. The molecule has 216 valence electrons. The van der Waals surface area contributed by atoms with Crippen molar-refractivity contribution >= 4 is 23.6 Å². The molecule has 0 bridgehead atoms. The minimum atomic E-state index is -0.946. The first kappa shape index (κ1) is 30.8. The minimum Gasteiger partial charge on any atom is -0.508 e. The van der Waals surface area contributed by atoms with Crippen molar-refractivity contribution in [2.24, 2.45) is 5.73 Å². The van der Waals surface area contributed by atoms with Crippen LogP contribution in [0.2, 0.25) is 0 Å². The minimum absolute atomic E-state index is 0.108. The van der Waals surface area contributed by atoms with Gasteiger partial charge in [-0.1, -0.05) is 72.8 Å². The van der Waals surface area contributed by atoms with Crippen molar-refractivity contribution in [3.05, 3.63) is 102 Å². The maximum absolute atomic E-state index is 13.0. The van der Waals surface area contributed by atoms with E-state index in [4.69, 9.17) is 5.73 Å². The zero-order valence-electron chi connectivity index (χ0n) is 23.2. The number of carbonyl (C=O) groups excluding carboxylic acids is 4. The Balaban J connectivity index is 1.56. The lowest BCUT2D eigenvalue weighted by Gasteiger charge is -2.24. The van der Waals surface area contributed by atoms with E-state index >= 15 is 0 Å². The van der Waals surface area contributed by atoms with E-state index < -0.39 is 48.3 Å². The van der Waals surface area contributed by atoms with E-state index in [0.717, 1.165) is 16.7 Å². The number of rotatable bonds is 13. The molecule has 0 fully saturated rings. The average Bonchev–Trinajstić information content (AvgIpc) is 2.94. The first-order chi connectivity index (χ1) is 19.6. The zero-order chi connectivity index (χ0) is 29.8. The first-order valence-electron chi connectivity index (χ1n) is 13.4. The Morgan fingerprint density at radius 1 is 0.683 bits per heavy atom. The highest BCUT2D eigenvalue weighted by molar-refractivity contribution is 5.97. The van der Waals surface area contributed by atoms with Gasteiger partial charge >= 0.3 is 0 Å². The first-order valence-corrected chi connectivity index (χ1v) is 13.4. The van der Waals surface area contributed by atoms with Gasteiger partial charge in [-0.05, 0) is 49.1 Å². The molecule has 0 aromatic heterocycles. The average molecular weight is 560 g/mol. The van der Waals surface area contributed by atoms with Gasteiger partial charge in [0.15, 0.2) is 0 Å². The van der Waals surface area contributed by atoms with Crippen molar-refractivity contribution in [2.75, 3.05) is 0 Å². The molecule has 3 rings (SSSR count). The molecule has 41 heavy (non-hydrogen) atoms. The fourth-order valence-corrected chi connectivity index (χ4v) is 4.16. The summed E-state index contributed by atoms with van der Waals surface area (Å²) < 4.78 is 0. The van der Waals surface area contributed by atoms with Gasteiger partial charge in [-0.3, -0.25) is 19.2 Å². The fraction of sp³-hybridized carbons (Fsp3) is 0.290. The van der Waals surface area contributed by atoms with Crippen LogP contribution in [-0.2, 0) is 32.0 Å². The number of hydrogen-bond donors (Lipinski definition) is 6. The molecule has 0 spiro atoms. The number of benzene rings is 3. The molecule has 10 nitrogen and oxygen atoms in total. The lowest BCUT2D eigenvalue weighted by molar-refractivity contribution is -0.131. The van der Waals surface area contributed by atoms with Gasteiger partial charge in [-0.2, -0.15) is 0 Å². The van der Waals surface area contributed by atoms with Gasteiger partial charge in [0.2, 0.25) is 23.6 Å².